The molecule has 0 unspecified atom stereocenters. The molecule has 0 bridgehead atoms. The average Bonchev–Trinajstić information content (AvgIpc) is 2.29. The van der Waals surface area contributed by atoms with Crippen LogP contribution in [0.4, 0.5) is 0 Å². The second-order valence-electron chi connectivity index (χ2n) is 5.11. The predicted molar refractivity (Wildman–Crippen MR) is 80.7 cm³/mol. The van der Waals surface area contributed by atoms with Gasteiger partial charge in [-0.15, -0.1) is 11.8 Å². The van der Waals surface area contributed by atoms with Gasteiger partial charge in [0.1, 0.15) is 0 Å². The van der Waals surface area contributed by atoms with Gasteiger partial charge in [0.25, 0.3) is 0 Å². The Kier molecular flexibility index (Phi) is 6.17. The second kappa shape index (κ2) is 7.17. The van der Waals surface area contributed by atoms with Gasteiger partial charge in [0.15, 0.2) is 0 Å². The lowest BCUT2D eigenvalue weighted by molar-refractivity contribution is -0.132. The molecular weight excluding hydrogens is 282 g/mol. The van der Waals surface area contributed by atoms with Crippen molar-refractivity contribution in [2.24, 2.45) is 0 Å². The van der Waals surface area contributed by atoms with Gasteiger partial charge in [0.05, 0.1) is 5.60 Å². The summed E-state index contributed by atoms with van der Waals surface area (Å²) in [4.78, 5) is 14.5. The van der Waals surface area contributed by atoms with Crippen LogP contribution in [0.1, 0.15) is 20.3 Å². The molecule has 5 heteroatoms. The van der Waals surface area contributed by atoms with Crippen molar-refractivity contribution in [3.05, 3.63) is 29.3 Å². The monoisotopic (exact) mass is 301 g/mol. The Hall–Kier alpha value is -0.710. The fraction of sp³-hybridized carbons (Fsp3) is 0.500. The molecule has 0 aliphatic rings. The van der Waals surface area contributed by atoms with E-state index in [4.69, 9.17) is 11.6 Å². The number of halogens is 1. The number of thioether (sulfide) groups is 1. The van der Waals surface area contributed by atoms with Crippen LogP contribution in [-0.2, 0) is 4.79 Å². The smallest absolute Gasteiger partial charge is 0.223 e. The van der Waals surface area contributed by atoms with Crippen LogP contribution in [0.2, 0.25) is 5.02 Å². The topological polar surface area (TPSA) is 40.5 Å². The number of aliphatic hydroxyl groups is 1. The lowest BCUT2D eigenvalue weighted by Crippen LogP contribution is -2.39. The van der Waals surface area contributed by atoms with Crippen LogP contribution in [0.25, 0.3) is 0 Å². The molecule has 0 saturated heterocycles. The normalized spacial score (nSPS) is 11.4. The Morgan fingerprint density at radius 1 is 1.37 bits per heavy atom. The van der Waals surface area contributed by atoms with E-state index >= 15 is 0 Å². The Morgan fingerprint density at radius 3 is 2.47 bits per heavy atom. The van der Waals surface area contributed by atoms with E-state index in [1.807, 2.05) is 24.3 Å². The zero-order chi connectivity index (χ0) is 14.5. The highest BCUT2D eigenvalue weighted by Crippen LogP contribution is 2.21. The summed E-state index contributed by atoms with van der Waals surface area (Å²) >= 11 is 7.43. The molecule has 0 aliphatic heterocycles. The quantitative estimate of drug-likeness (QED) is 0.821. The standard InChI is InChI=1S/C14H20ClNO2S/c1-14(2,18)10-16(3)13(17)8-9-19-12-6-4-11(15)5-7-12/h4-7,18H,8-10H2,1-3H3. The summed E-state index contributed by atoms with van der Waals surface area (Å²) in [6.45, 7) is 3.73. The van der Waals surface area contributed by atoms with Gasteiger partial charge in [-0.3, -0.25) is 4.79 Å². The van der Waals surface area contributed by atoms with Crippen molar-refractivity contribution in [2.45, 2.75) is 30.8 Å². The molecule has 1 aromatic carbocycles. The molecule has 1 N–H and O–H groups in total. The summed E-state index contributed by atoms with van der Waals surface area (Å²) in [5.41, 5.74) is -0.853. The van der Waals surface area contributed by atoms with E-state index in [-0.39, 0.29) is 5.91 Å². The summed E-state index contributed by atoms with van der Waals surface area (Å²) in [6.07, 6.45) is 0.458. The maximum atomic E-state index is 11.8. The molecular formula is C14H20ClNO2S. The van der Waals surface area contributed by atoms with Crippen molar-refractivity contribution in [2.75, 3.05) is 19.3 Å². The first kappa shape index (κ1) is 16.3. The molecule has 1 aromatic rings. The van der Waals surface area contributed by atoms with Crippen LogP contribution in [-0.4, -0.2) is 40.9 Å². The van der Waals surface area contributed by atoms with E-state index in [2.05, 4.69) is 0 Å². The zero-order valence-corrected chi connectivity index (χ0v) is 13.1. The van der Waals surface area contributed by atoms with Gasteiger partial charge in [0.2, 0.25) is 5.91 Å². The predicted octanol–water partition coefficient (Wildman–Crippen LogP) is 3.05. The molecule has 0 aromatic heterocycles. The van der Waals surface area contributed by atoms with Crippen molar-refractivity contribution in [1.29, 1.82) is 0 Å². The highest BCUT2D eigenvalue weighted by molar-refractivity contribution is 7.99. The number of carbonyl (C=O) groups excluding carboxylic acids is 1. The third-order valence-electron chi connectivity index (χ3n) is 2.45. The number of likely N-dealkylation sites (N-methyl/N-ethyl adjacent to an activating group) is 1. The summed E-state index contributed by atoms with van der Waals surface area (Å²) < 4.78 is 0. The molecule has 1 amide bonds. The number of benzene rings is 1. The molecule has 0 atom stereocenters. The van der Waals surface area contributed by atoms with Crippen LogP contribution >= 0.6 is 23.4 Å². The Labute approximate surface area is 123 Å². The summed E-state index contributed by atoms with van der Waals surface area (Å²) in [6, 6.07) is 7.56. The van der Waals surface area contributed by atoms with Crippen LogP contribution in [0.5, 0.6) is 0 Å². The van der Waals surface area contributed by atoms with E-state index in [0.29, 0.717) is 18.0 Å². The molecule has 3 nitrogen and oxygen atoms in total. The van der Waals surface area contributed by atoms with Gasteiger partial charge in [-0.25, -0.2) is 0 Å². The summed E-state index contributed by atoms with van der Waals surface area (Å²) in [7, 11) is 1.72. The first-order chi connectivity index (χ1) is 8.78. The number of hydrogen-bond donors (Lipinski definition) is 1. The van der Waals surface area contributed by atoms with E-state index < -0.39 is 5.60 Å². The summed E-state index contributed by atoms with van der Waals surface area (Å²) in [5, 5.41) is 10.4. The first-order valence-electron chi connectivity index (χ1n) is 6.13. The SMILES string of the molecule is CN(CC(C)(C)O)C(=O)CCSc1ccc(Cl)cc1. The molecule has 19 heavy (non-hydrogen) atoms. The molecule has 0 spiro atoms. The minimum atomic E-state index is -0.853. The third kappa shape index (κ3) is 6.85. The third-order valence-corrected chi connectivity index (χ3v) is 3.71. The molecule has 0 saturated carbocycles. The van der Waals surface area contributed by atoms with Crippen molar-refractivity contribution in [1.82, 2.24) is 4.90 Å². The Balaban J connectivity index is 2.32. The van der Waals surface area contributed by atoms with Gasteiger partial charge in [-0.05, 0) is 38.1 Å². The fourth-order valence-electron chi connectivity index (χ4n) is 1.65. The molecule has 0 fully saturated rings. The van der Waals surface area contributed by atoms with E-state index in [0.717, 1.165) is 10.6 Å². The van der Waals surface area contributed by atoms with E-state index in [1.165, 1.54) is 0 Å². The maximum absolute atomic E-state index is 11.8. The number of carbonyl (C=O) groups is 1. The van der Waals surface area contributed by atoms with Crippen LogP contribution in [0, 0.1) is 0 Å². The van der Waals surface area contributed by atoms with Gasteiger partial charge >= 0.3 is 0 Å². The molecule has 1 rings (SSSR count). The molecule has 106 valence electrons. The number of nitrogens with zero attached hydrogens (tertiary/aromatic N) is 1. The molecule has 0 heterocycles. The molecule has 0 radical (unpaired) electrons. The van der Waals surface area contributed by atoms with Crippen molar-refractivity contribution in [3.63, 3.8) is 0 Å². The number of hydrogen-bond acceptors (Lipinski definition) is 3. The maximum Gasteiger partial charge on any atom is 0.223 e. The van der Waals surface area contributed by atoms with Crippen molar-refractivity contribution >= 4 is 29.3 Å². The second-order valence-corrected chi connectivity index (χ2v) is 6.72. The Morgan fingerprint density at radius 2 is 1.95 bits per heavy atom. The average molecular weight is 302 g/mol. The van der Waals surface area contributed by atoms with Crippen molar-refractivity contribution < 1.29 is 9.90 Å². The van der Waals surface area contributed by atoms with Gasteiger partial charge < -0.3 is 10.0 Å². The van der Waals surface area contributed by atoms with Crippen LogP contribution in [0.3, 0.4) is 0 Å². The lowest BCUT2D eigenvalue weighted by Gasteiger charge is -2.25. The van der Waals surface area contributed by atoms with Crippen molar-refractivity contribution in [3.8, 4) is 0 Å². The first-order valence-corrected chi connectivity index (χ1v) is 7.49. The van der Waals surface area contributed by atoms with Gasteiger partial charge in [-0.1, -0.05) is 11.6 Å². The number of amides is 1. The minimum absolute atomic E-state index is 0.0450. The lowest BCUT2D eigenvalue weighted by atomic mass is 10.1. The van der Waals surface area contributed by atoms with Gasteiger partial charge in [0, 0.05) is 35.7 Å². The van der Waals surface area contributed by atoms with Gasteiger partial charge in [-0.2, -0.15) is 0 Å². The zero-order valence-electron chi connectivity index (χ0n) is 11.5. The largest absolute Gasteiger partial charge is 0.389 e. The van der Waals surface area contributed by atoms with E-state index in [9.17, 15) is 9.90 Å². The highest BCUT2D eigenvalue weighted by atomic mass is 35.5. The number of rotatable bonds is 6. The summed E-state index contributed by atoms with van der Waals surface area (Å²) in [5.74, 6) is 0.764. The van der Waals surface area contributed by atoms with Crippen LogP contribution < -0.4 is 0 Å². The van der Waals surface area contributed by atoms with Crippen LogP contribution in [0.15, 0.2) is 29.2 Å². The van der Waals surface area contributed by atoms with E-state index in [1.54, 1.807) is 37.6 Å². The fourth-order valence-corrected chi connectivity index (χ4v) is 2.61. The highest BCUT2D eigenvalue weighted by Gasteiger charge is 2.18. The minimum Gasteiger partial charge on any atom is -0.389 e. The molecule has 0 aliphatic carbocycles. The Bertz CT molecular complexity index is 414.